The van der Waals surface area contributed by atoms with E-state index in [1.165, 1.54) is 24.3 Å². The average Bonchev–Trinajstić information content (AvgIpc) is 2.73. The Labute approximate surface area is 181 Å². The van der Waals surface area contributed by atoms with Crippen molar-refractivity contribution < 1.29 is 18.0 Å². The topological polar surface area (TPSA) is 110 Å². The van der Waals surface area contributed by atoms with Crippen LogP contribution < -0.4 is 15.4 Å². The first kappa shape index (κ1) is 22.0. The molecule has 160 valence electrons. The maximum absolute atomic E-state index is 13.3. The Morgan fingerprint density at radius 2 is 1.48 bits per heavy atom. The van der Waals surface area contributed by atoms with E-state index >= 15 is 0 Å². The minimum atomic E-state index is -3.99. The largest absolute Gasteiger partial charge is 0.366 e. The van der Waals surface area contributed by atoms with Crippen molar-refractivity contribution in [1.29, 1.82) is 0 Å². The van der Waals surface area contributed by atoms with E-state index in [9.17, 15) is 18.0 Å². The van der Waals surface area contributed by atoms with E-state index in [4.69, 9.17) is 5.73 Å². The van der Waals surface area contributed by atoms with Crippen LogP contribution in [-0.2, 0) is 14.8 Å². The molecule has 7 nitrogen and oxygen atoms in total. The number of hydrogen-bond donors (Lipinski definition) is 2. The lowest BCUT2D eigenvalue weighted by Gasteiger charge is -2.24. The Bertz CT molecular complexity index is 1200. The molecule has 0 aliphatic heterocycles. The van der Waals surface area contributed by atoms with E-state index < -0.39 is 28.4 Å². The van der Waals surface area contributed by atoms with E-state index in [1.807, 2.05) is 13.8 Å². The maximum Gasteiger partial charge on any atom is 0.264 e. The Kier molecular flexibility index (Phi) is 6.41. The number of carbonyl (C=O) groups excluding carboxylic acids is 2. The molecule has 0 aliphatic carbocycles. The molecule has 2 amide bonds. The number of carbonyl (C=O) groups is 2. The van der Waals surface area contributed by atoms with Crippen LogP contribution in [0, 0.1) is 13.8 Å². The van der Waals surface area contributed by atoms with Crippen LogP contribution in [0.2, 0.25) is 0 Å². The molecule has 0 radical (unpaired) electrons. The molecule has 3 aromatic carbocycles. The molecule has 3 rings (SSSR count). The zero-order valence-corrected chi connectivity index (χ0v) is 18.0. The van der Waals surface area contributed by atoms with Gasteiger partial charge in [0.2, 0.25) is 11.8 Å². The van der Waals surface area contributed by atoms with Crippen LogP contribution in [0.15, 0.2) is 77.7 Å². The monoisotopic (exact) mass is 437 g/mol. The quantitative estimate of drug-likeness (QED) is 0.591. The smallest absolute Gasteiger partial charge is 0.264 e. The van der Waals surface area contributed by atoms with Crippen molar-refractivity contribution in [2.75, 3.05) is 16.2 Å². The molecule has 3 N–H and O–H groups in total. The van der Waals surface area contributed by atoms with Gasteiger partial charge < -0.3 is 11.1 Å². The molecule has 0 saturated heterocycles. The fourth-order valence-electron chi connectivity index (χ4n) is 2.94. The maximum atomic E-state index is 13.3. The van der Waals surface area contributed by atoms with Crippen molar-refractivity contribution in [3.05, 3.63) is 89.5 Å². The number of nitrogens with one attached hydrogen (secondary N) is 1. The van der Waals surface area contributed by atoms with Gasteiger partial charge in [-0.25, -0.2) is 8.42 Å². The molecular formula is C23H23N3O4S. The molecule has 0 bridgehead atoms. The van der Waals surface area contributed by atoms with Gasteiger partial charge in [0.1, 0.15) is 6.54 Å². The average molecular weight is 438 g/mol. The summed E-state index contributed by atoms with van der Waals surface area (Å²) in [4.78, 5) is 24.2. The molecule has 31 heavy (non-hydrogen) atoms. The Hall–Kier alpha value is -3.65. The molecular weight excluding hydrogens is 414 g/mol. The summed E-state index contributed by atoms with van der Waals surface area (Å²) in [6, 6.07) is 19.4. The number of amides is 2. The van der Waals surface area contributed by atoms with E-state index in [0.717, 1.165) is 15.4 Å². The summed E-state index contributed by atoms with van der Waals surface area (Å²) in [5.41, 5.74) is 8.11. The number of nitrogens with zero attached hydrogens (tertiary/aromatic N) is 1. The van der Waals surface area contributed by atoms with Crippen molar-refractivity contribution in [2.45, 2.75) is 18.7 Å². The van der Waals surface area contributed by atoms with E-state index in [2.05, 4.69) is 5.32 Å². The van der Waals surface area contributed by atoms with Gasteiger partial charge in [-0.1, -0.05) is 41.5 Å². The first-order chi connectivity index (χ1) is 14.7. The number of aryl methyl sites for hydroxylation is 2. The van der Waals surface area contributed by atoms with E-state index in [-0.39, 0.29) is 10.5 Å². The molecule has 8 heteroatoms. The minimum absolute atomic E-state index is 0.0854. The molecule has 0 spiro atoms. The highest BCUT2D eigenvalue weighted by Gasteiger charge is 2.27. The van der Waals surface area contributed by atoms with Crippen LogP contribution >= 0.6 is 0 Å². The van der Waals surface area contributed by atoms with Crippen LogP contribution in [0.4, 0.5) is 11.4 Å². The molecule has 0 aliphatic rings. The van der Waals surface area contributed by atoms with Crippen LogP contribution in [0.3, 0.4) is 0 Å². The fourth-order valence-corrected chi connectivity index (χ4v) is 4.37. The predicted molar refractivity (Wildman–Crippen MR) is 120 cm³/mol. The summed E-state index contributed by atoms with van der Waals surface area (Å²) >= 11 is 0. The lowest BCUT2D eigenvalue weighted by Crippen LogP contribution is -2.38. The molecule has 0 aromatic heterocycles. The summed E-state index contributed by atoms with van der Waals surface area (Å²) in [6.45, 7) is 3.31. The molecule has 0 heterocycles. The molecule has 0 unspecified atom stereocenters. The Morgan fingerprint density at radius 3 is 2.06 bits per heavy atom. The van der Waals surface area contributed by atoms with Crippen molar-refractivity contribution in [1.82, 2.24) is 0 Å². The molecule has 0 atom stereocenters. The first-order valence-corrected chi connectivity index (χ1v) is 11.0. The fraction of sp³-hybridized carbons (Fsp3) is 0.130. The first-order valence-electron chi connectivity index (χ1n) is 9.52. The van der Waals surface area contributed by atoms with Gasteiger partial charge in [0, 0.05) is 11.3 Å². The number of primary amides is 1. The van der Waals surface area contributed by atoms with Gasteiger partial charge >= 0.3 is 0 Å². The lowest BCUT2D eigenvalue weighted by molar-refractivity contribution is -0.114. The van der Waals surface area contributed by atoms with Crippen LogP contribution in [0.25, 0.3) is 0 Å². The number of rotatable bonds is 7. The van der Waals surface area contributed by atoms with Gasteiger partial charge in [-0.3, -0.25) is 13.9 Å². The SMILES string of the molecule is Cc1ccc(N(CC(=O)Nc2cccc(C(N)=O)c2)S(=O)(=O)c2ccc(C)cc2)cc1. The number of hydrogen-bond acceptors (Lipinski definition) is 4. The standard InChI is InChI=1S/C23H23N3O4S/c1-16-6-10-20(11-7-16)26(31(29,30)21-12-8-17(2)9-13-21)15-22(27)25-19-5-3-4-18(14-19)23(24)28/h3-14H,15H2,1-2H3,(H2,24,28)(H,25,27). The minimum Gasteiger partial charge on any atom is -0.366 e. The van der Waals surface area contributed by atoms with Gasteiger partial charge in [-0.05, 0) is 56.3 Å². The highest BCUT2D eigenvalue weighted by Crippen LogP contribution is 2.24. The Morgan fingerprint density at radius 1 is 0.903 bits per heavy atom. The van der Waals surface area contributed by atoms with Crippen molar-refractivity contribution in [3.8, 4) is 0 Å². The number of anilines is 2. The highest BCUT2D eigenvalue weighted by atomic mass is 32.2. The second kappa shape index (κ2) is 9.01. The lowest BCUT2D eigenvalue weighted by atomic mass is 10.2. The summed E-state index contributed by atoms with van der Waals surface area (Å²) in [5, 5.41) is 2.63. The number of sulfonamides is 1. The van der Waals surface area contributed by atoms with Crippen molar-refractivity contribution in [3.63, 3.8) is 0 Å². The number of nitrogens with two attached hydrogens (primary N) is 1. The summed E-state index contributed by atoms with van der Waals surface area (Å²) in [6.07, 6.45) is 0. The Balaban J connectivity index is 1.92. The summed E-state index contributed by atoms with van der Waals surface area (Å²) < 4.78 is 27.8. The van der Waals surface area contributed by atoms with E-state index in [1.54, 1.807) is 48.5 Å². The van der Waals surface area contributed by atoms with Crippen molar-refractivity contribution in [2.24, 2.45) is 5.73 Å². The van der Waals surface area contributed by atoms with Gasteiger partial charge in [-0.2, -0.15) is 0 Å². The third-order valence-corrected chi connectivity index (χ3v) is 6.44. The predicted octanol–water partition coefficient (Wildman–Crippen LogP) is 3.24. The zero-order chi connectivity index (χ0) is 22.6. The van der Waals surface area contributed by atoms with Crippen molar-refractivity contribution >= 4 is 33.2 Å². The van der Waals surface area contributed by atoms with E-state index in [0.29, 0.717) is 11.4 Å². The molecule has 0 fully saturated rings. The normalized spacial score (nSPS) is 11.0. The van der Waals surface area contributed by atoms with Gasteiger partial charge in [0.05, 0.1) is 10.6 Å². The zero-order valence-electron chi connectivity index (χ0n) is 17.2. The third-order valence-electron chi connectivity index (χ3n) is 4.65. The third kappa shape index (κ3) is 5.29. The van der Waals surface area contributed by atoms with Crippen LogP contribution in [0.5, 0.6) is 0 Å². The summed E-state index contributed by atoms with van der Waals surface area (Å²) in [7, 11) is -3.99. The highest BCUT2D eigenvalue weighted by molar-refractivity contribution is 7.92. The second-order valence-electron chi connectivity index (χ2n) is 7.15. The summed E-state index contributed by atoms with van der Waals surface area (Å²) in [5.74, 6) is -1.18. The van der Waals surface area contributed by atoms with Gasteiger partial charge in [0.25, 0.3) is 10.0 Å². The van der Waals surface area contributed by atoms with Crippen LogP contribution in [-0.4, -0.2) is 26.8 Å². The number of benzene rings is 3. The molecule has 0 saturated carbocycles. The van der Waals surface area contributed by atoms with Gasteiger partial charge in [-0.15, -0.1) is 0 Å². The molecule has 3 aromatic rings. The van der Waals surface area contributed by atoms with Gasteiger partial charge in [0.15, 0.2) is 0 Å². The second-order valence-corrected chi connectivity index (χ2v) is 9.02. The van der Waals surface area contributed by atoms with Crippen LogP contribution in [0.1, 0.15) is 21.5 Å².